The van der Waals surface area contributed by atoms with Crippen LogP contribution in [0.2, 0.25) is 0 Å². The standard InChI is InChI=1S/C20H28/c1-15-3-7-17(8-4-15)19-11-13-20(14-12-19)18-9-5-16(2)6-10-18/h3-4,7-8,13,16,18-19H,5-6,9-12,14H2,1-2H3. The third kappa shape index (κ3) is 3.16. The van der Waals surface area contributed by atoms with E-state index in [1.165, 1.54) is 50.5 Å². The van der Waals surface area contributed by atoms with Gasteiger partial charge in [0.25, 0.3) is 0 Å². The molecule has 1 atom stereocenters. The number of aryl methyl sites for hydroxylation is 1. The zero-order valence-corrected chi connectivity index (χ0v) is 13.1. The van der Waals surface area contributed by atoms with Crippen molar-refractivity contribution in [3.63, 3.8) is 0 Å². The highest BCUT2D eigenvalue weighted by molar-refractivity contribution is 5.27. The quantitative estimate of drug-likeness (QED) is 0.576. The van der Waals surface area contributed by atoms with Crippen LogP contribution in [0.1, 0.15) is 68.9 Å². The van der Waals surface area contributed by atoms with Gasteiger partial charge in [-0.05, 0) is 62.3 Å². The number of rotatable bonds is 2. The van der Waals surface area contributed by atoms with Crippen LogP contribution in [-0.2, 0) is 0 Å². The Balaban J connectivity index is 1.61. The van der Waals surface area contributed by atoms with Gasteiger partial charge in [-0.25, -0.2) is 0 Å². The van der Waals surface area contributed by atoms with Gasteiger partial charge in [-0.1, -0.05) is 61.2 Å². The summed E-state index contributed by atoms with van der Waals surface area (Å²) in [5.41, 5.74) is 4.71. The van der Waals surface area contributed by atoms with Crippen molar-refractivity contribution in [2.45, 2.75) is 64.7 Å². The molecule has 0 saturated heterocycles. The lowest BCUT2D eigenvalue weighted by Crippen LogP contribution is -2.17. The van der Waals surface area contributed by atoms with Crippen LogP contribution in [0.3, 0.4) is 0 Å². The van der Waals surface area contributed by atoms with Gasteiger partial charge in [-0.15, -0.1) is 0 Å². The second-order valence-corrected chi connectivity index (χ2v) is 7.12. The summed E-state index contributed by atoms with van der Waals surface area (Å²) < 4.78 is 0. The molecule has 2 aliphatic carbocycles. The summed E-state index contributed by atoms with van der Waals surface area (Å²) in [6.45, 7) is 4.59. The molecule has 1 saturated carbocycles. The fourth-order valence-corrected chi connectivity index (χ4v) is 4.00. The number of allylic oxidation sites excluding steroid dienone is 2. The Labute approximate surface area is 124 Å². The average Bonchev–Trinajstić information content (AvgIpc) is 2.49. The van der Waals surface area contributed by atoms with Crippen molar-refractivity contribution >= 4 is 0 Å². The zero-order valence-electron chi connectivity index (χ0n) is 13.1. The summed E-state index contributed by atoms with van der Waals surface area (Å²) in [7, 11) is 0. The Hall–Kier alpha value is -1.04. The van der Waals surface area contributed by atoms with Gasteiger partial charge < -0.3 is 0 Å². The second-order valence-electron chi connectivity index (χ2n) is 7.12. The van der Waals surface area contributed by atoms with Crippen molar-refractivity contribution in [1.82, 2.24) is 0 Å². The molecule has 0 N–H and O–H groups in total. The highest BCUT2D eigenvalue weighted by Crippen LogP contribution is 2.40. The Morgan fingerprint density at radius 2 is 1.55 bits per heavy atom. The summed E-state index contributed by atoms with van der Waals surface area (Å²) in [6.07, 6.45) is 12.4. The summed E-state index contributed by atoms with van der Waals surface area (Å²) >= 11 is 0. The van der Waals surface area contributed by atoms with Gasteiger partial charge in [-0.3, -0.25) is 0 Å². The van der Waals surface area contributed by atoms with Crippen LogP contribution in [0.15, 0.2) is 35.9 Å². The monoisotopic (exact) mass is 268 g/mol. The maximum absolute atomic E-state index is 2.59. The first-order chi connectivity index (χ1) is 9.72. The molecule has 0 nitrogen and oxygen atoms in total. The minimum Gasteiger partial charge on any atom is -0.0844 e. The summed E-state index contributed by atoms with van der Waals surface area (Å²) in [5, 5.41) is 0. The van der Waals surface area contributed by atoms with Crippen molar-refractivity contribution in [3.8, 4) is 0 Å². The van der Waals surface area contributed by atoms with Crippen LogP contribution in [0.5, 0.6) is 0 Å². The Morgan fingerprint density at radius 1 is 0.850 bits per heavy atom. The van der Waals surface area contributed by atoms with Crippen molar-refractivity contribution in [2.75, 3.05) is 0 Å². The molecular weight excluding hydrogens is 240 g/mol. The predicted molar refractivity (Wildman–Crippen MR) is 87.0 cm³/mol. The van der Waals surface area contributed by atoms with Crippen molar-refractivity contribution in [2.24, 2.45) is 11.8 Å². The summed E-state index contributed by atoms with van der Waals surface area (Å²) in [5.74, 6) is 2.66. The molecule has 0 amide bonds. The van der Waals surface area contributed by atoms with E-state index in [9.17, 15) is 0 Å². The molecule has 108 valence electrons. The van der Waals surface area contributed by atoms with E-state index in [1.54, 1.807) is 11.1 Å². The molecule has 2 aliphatic rings. The van der Waals surface area contributed by atoms with Gasteiger partial charge in [0.1, 0.15) is 0 Å². The first kappa shape index (κ1) is 13.9. The Kier molecular flexibility index (Phi) is 4.29. The van der Waals surface area contributed by atoms with Gasteiger partial charge in [0.15, 0.2) is 0 Å². The molecule has 20 heavy (non-hydrogen) atoms. The van der Waals surface area contributed by atoms with E-state index in [2.05, 4.69) is 44.2 Å². The lowest BCUT2D eigenvalue weighted by Gasteiger charge is -2.32. The first-order valence-electron chi connectivity index (χ1n) is 8.48. The SMILES string of the molecule is Cc1ccc(C2CC=C(C3CCC(C)CC3)CC2)cc1. The van der Waals surface area contributed by atoms with Crippen LogP contribution in [0.4, 0.5) is 0 Å². The van der Waals surface area contributed by atoms with Gasteiger partial charge in [0.2, 0.25) is 0 Å². The molecule has 1 aromatic rings. The molecule has 0 aliphatic heterocycles. The third-order valence-corrected chi connectivity index (χ3v) is 5.54. The number of benzene rings is 1. The predicted octanol–water partition coefficient (Wildman–Crippen LogP) is 6.02. The fourth-order valence-electron chi connectivity index (χ4n) is 4.00. The molecule has 1 unspecified atom stereocenters. The van der Waals surface area contributed by atoms with Crippen LogP contribution in [-0.4, -0.2) is 0 Å². The van der Waals surface area contributed by atoms with Gasteiger partial charge in [-0.2, -0.15) is 0 Å². The van der Waals surface area contributed by atoms with Crippen LogP contribution in [0, 0.1) is 18.8 Å². The summed E-state index contributed by atoms with van der Waals surface area (Å²) in [6, 6.07) is 9.19. The van der Waals surface area contributed by atoms with E-state index >= 15 is 0 Å². The lowest BCUT2D eigenvalue weighted by molar-refractivity contribution is 0.310. The Morgan fingerprint density at radius 3 is 2.15 bits per heavy atom. The van der Waals surface area contributed by atoms with Crippen molar-refractivity contribution in [3.05, 3.63) is 47.0 Å². The van der Waals surface area contributed by atoms with Crippen LogP contribution >= 0.6 is 0 Å². The van der Waals surface area contributed by atoms with Crippen LogP contribution in [0.25, 0.3) is 0 Å². The molecule has 3 rings (SSSR count). The fraction of sp³-hybridized carbons (Fsp3) is 0.600. The van der Waals surface area contributed by atoms with Gasteiger partial charge >= 0.3 is 0 Å². The lowest BCUT2D eigenvalue weighted by atomic mass is 9.74. The van der Waals surface area contributed by atoms with Crippen LogP contribution < -0.4 is 0 Å². The molecule has 1 fully saturated rings. The molecule has 0 heterocycles. The largest absolute Gasteiger partial charge is 0.0844 e. The van der Waals surface area contributed by atoms with E-state index < -0.39 is 0 Å². The first-order valence-corrected chi connectivity index (χ1v) is 8.48. The summed E-state index contributed by atoms with van der Waals surface area (Å²) in [4.78, 5) is 0. The molecule has 0 aromatic heterocycles. The Bertz CT molecular complexity index is 457. The maximum Gasteiger partial charge on any atom is -0.0124 e. The van der Waals surface area contributed by atoms with Crippen molar-refractivity contribution < 1.29 is 0 Å². The molecule has 1 aromatic carbocycles. The van der Waals surface area contributed by atoms with E-state index in [0.717, 1.165) is 17.8 Å². The van der Waals surface area contributed by atoms with Gasteiger partial charge in [0.05, 0.1) is 0 Å². The van der Waals surface area contributed by atoms with E-state index in [0.29, 0.717) is 0 Å². The second kappa shape index (κ2) is 6.16. The zero-order chi connectivity index (χ0) is 13.9. The smallest absolute Gasteiger partial charge is 0.0124 e. The highest BCUT2D eigenvalue weighted by Gasteiger charge is 2.24. The topological polar surface area (TPSA) is 0 Å². The number of hydrogen-bond donors (Lipinski definition) is 0. The molecule has 0 bridgehead atoms. The van der Waals surface area contributed by atoms with Crippen molar-refractivity contribution in [1.29, 1.82) is 0 Å². The maximum atomic E-state index is 2.59. The highest BCUT2D eigenvalue weighted by atomic mass is 14.3. The van der Waals surface area contributed by atoms with Gasteiger partial charge in [0, 0.05) is 0 Å². The van der Waals surface area contributed by atoms with E-state index in [1.807, 2.05) is 0 Å². The third-order valence-electron chi connectivity index (χ3n) is 5.54. The van der Waals surface area contributed by atoms with E-state index in [4.69, 9.17) is 0 Å². The molecule has 0 radical (unpaired) electrons. The molecule has 0 heteroatoms. The molecular formula is C20H28. The minimum absolute atomic E-state index is 0.766. The minimum atomic E-state index is 0.766. The molecule has 0 spiro atoms. The van der Waals surface area contributed by atoms with E-state index in [-0.39, 0.29) is 0 Å². The normalized spacial score (nSPS) is 30.9. The average molecular weight is 268 g/mol. The number of hydrogen-bond acceptors (Lipinski definition) is 0.